The lowest BCUT2D eigenvalue weighted by atomic mass is 10.1. The number of carbonyl (C=O) groups is 1. The molecule has 20 heavy (non-hydrogen) atoms. The first-order valence-corrected chi connectivity index (χ1v) is 6.77. The Balaban J connectivity index is 1.79. The lowest BCUT2D eigenvalue weighted by Crippen LogP contribution is -2.28. The van der Waals surface area contributed by atoms with E-state index in [0.717, 1.165) is 17.7 Å². The summed E-state index contributed by atoms with van der Waals surface area (Å²) in [4.78, 5) is 11.6. The zero-order valence-corrected chi connectivity index (χ0v) is 11.8. The summed E-state index contributed by atoms with van der Waals surface area (Å²) >= 11 is 11.5. The second-order valence-corrected chi connectivity index (χ2v) is 6.30. The average molecular weight is 326 g/mol. The number of halogens is 5. The van der Waals surface area contributed by atoms with Crippen LogP contribution in [0.5, 0.6) is 0 Å². The van der Waals surface area contributed by atoms with E-state index in [0.29, 0.717) is 19.4 Å². The predicted molar refractivity (Wildman–Crippen MR) is 70.7 cm³/mol. The van der Waals surface area contributed by atoms with E-state index in [1.165, 1.54) is 12.1 Å². The molecular weight excluding hydrogens is 314 g/mol. The molecular formula is C13H12Cl2F3NO. The molecule has 0 bridgehead atoms. The molecule has 2 rings (SSSR count). The molecule has 7 heteroatoms. The summed E-state index contributed by atoms with van der Waals surface area (Å²) in [6, 6.07) is 4.86. The van der Waals surface area contributed by atoms with E-state index in [-0.39, 0.29) is 5.91 Å². The number of hydrogen-bond donors (Lipinski definition) is 1. The van der Waals surface area contributed by atoms with Gasteiger partial charge in [-0.25, -0.2) is 0 Å². The van der Waals surface area contributed by atoms with Crippen LogP contribution in [-0.4, -0.2) is 16.8 Å². The summed E-state index contributed by atoms with van der Waals surface area (Å²) in [5.41, 5.74) is 0.0365. The quantitative estimate of drug-likeness (QED) is 0.842. The highest BCUT2D eigenvalue weighted by Gasteiger charge is 2.56. The van der Waals surface area contributed by atoms with Gasteiger partial charge in [-0.05, 0) is 30.5 Å². The third kappa shape index (κ3) is 3.79. The van der Waals surface area contributed by atoms with Gasteiger partial charge in [0.1, 0.15) is 4.33 Å². The van der Waals surface area contributed by atoms with Crippen LogP contribution in [0.4, 0.5) is 13.2 Å². The molecule has 1 aromatic carbocycles. The largest absolute Gasteiger partial charge is 0.416 e. The standard InChI is InChI=1S/C13H12Cl2F3NO/c14-12(15)7-10(12)11(20)19-6-5-8-1-3-9(4-2-8)13(16,17)18/h1-4,10H,5-7H2,(H,19,20). The summed E-state index contributed by atoms with van der Waals surface area (Å²) in [5.74, 6) is -0.611. The predicted octanol–water partition coefficient (Wildman–Crippen LogP) is 3.56. The third-order valence-electron chi connectivity index (χ3n) is 3.14. The van der Waals surface area contributed by atoms with Crippen LogP contribution in [-0.2, 0) is 17.4 Å². The number of carbonyl (C=O) groups excluding carboxylic acids is 1. The molecule has 0 spiro atoms. The zero-order chi connectivity index (χ0) is 15.0. The highest BCUT2D eigenvalue weighted by molar-refractivity contribution is 6.52. The maximum Gasteiger partial charge on any atom is 0.416 e. The van der Waals surface area contributed by atoms with Crippen LogP contribution >= 0.6 is 23.2 Å². The van der Waals surface area contributed by atoms with Crippen LogP contribution in [0.3, 0.4) is 0 Å². The van der Waals surface area contributed by atoms with Crippen molar-refractivity contribution in [3.8, 4) is 0 Å². The van der Waals surface area contributed by atoms with Crippen molar-refractivity contribution >= 4 is 29.1 Å². The van der Waals surface area contributed by atoms with E-state index in [1.54, 1.807) is 0 Å². The Morgan fingerprint density at radius 2 is 1.85 bits per heavy atom. The monoisotopic (exact) mass is 325 g/mol. The van der Waals surface area contributed by atoms with E-state index >= 15 is 0 Å². The number of alkyl halides is 5. The van der Waals surface area contributed by atoms with Crippen LogP contribution in [0, 0.1) is 5.92 Å². The van der Waals surface area contributed by atoms with Crippen LogP contribution in [0.25, 0.3) is 0 Å². The van der Waals surface area contributed by atoms with Gasteiger partial charge in [-0.3, -0.25) is 4.79 Å². The maximum atomic E-state index is 12.4. The zero-order valence-electron chi connectivity index (χ0n) is 10.3. The second kappa shape index (κ2) is 5.45. The van der Waals surface area contributed by atoms with Crippen LogP contribution in [0.15, 0.2) is 24.3 Å². The first kappa shape index (κ1) is 15.4. The fraction of sp³-hybridized carbons (Fsp3) is 0.462. The van der Waals surface area contributed by atoms with Crippen LogP contribution in [0.1, 0.15) is 17.5 Å². The van der Waals surface area contributed by atoms with Crippen molar-refractivity contribution in [3.63, 3.8) is 0 Å². The Morgan fingerprint density at radius 3 is 2.30 bits per heavy atom. The number of amides is 1. The van der Waals surface area contributed by atoms with Gasteiger partial charge < -0.3 is 5.32 Å². The Hall–Kier alpha value is -0.940. The first-order chi connectivity index (χ1) is 9.20. The van der Waals surface area contributed by atoms with Gasteiger partial charge in [-0.1, -0.05) is 12.1 Å². The van der Waals surface area contributed by atoms with Gasteiger partial charge in [0.25, 0.3) is 0 Å². The minimum atomic E-state index is -4.33. The molecule has 0 aromatic heterocycles. The molecule has 1 aliphatic rings. The molecule has 1 N–H and O–H groups in total. The molecule has 0 heterocycles. The minimum Gasteiger partial charge on any atom is -0.355 e. The Labute approximate surface area is 124 Å². The van der Waals surface area contributed by atoms with Crippen LogP contribution < -0.4 is 5.32 Å². The summed E-state index contributed by atoms with van der Waals surface area (Å²) in [6.07, 6.45) is -3.45. The number of hydrogen-bond acceptors (Lipinski definition) is 1. The maximum absolute atomic E-state index is 12.4. The summed E-state index contributed by atoms with van der Waals surface area (Å²) in [7, 11) is 0. The van der Waals surface area contributed by atoms with Gasteiger partial charge in [0.05, 0.1) is 11.5 Å². The summed E-state index contributed by atoms with van der Waals surface area (Å²) in [6.45, 7) is 0.338. The molecule has 1 aliphatic carbocycles. The molecule has 2 nitrogen and oxygen atoms in total. The first-order valence-electron chi connectivity index (χ1n) is 6.02. The van der Waals surface area contributed by atoms with Crippen molar-refractivity contribution in [2.24, 2.45) is 5.92 Å². The van der Waals surface area contributed by atoms with E-state index in [1.807, 2.05) is 0 Å². The highest BCUT2D eigenvalue weighted by Crippen LogP contribution is 2.53. The van der Waals surface area contributed by atoms with Crippen molar-refractivity contribution in [3.05, 3.63) is 35.4 Å². The molecule has 1 saturated carbocycles. The average Bonchev–Trinajstić information content (AvgIpc) is 2.98. The van der Waals surface area contributed by atoms with E-state index in [9.17, 15) is 18.0 Å². The van der Waals surface area contributed by atoms with Crippen molar-refractivity contribution in [2.45, 2.75) is 23.4 Å². The second-order valence-electron chi connectivity index (χ2n) is 4.75. The molecule has 1 atom stereocenters. The Kier molecular flexibility index (Phi) is 4.21. The number of benzene rings is 1. The van der Waals surface area contributed by atoms with Crippen molar-refractivity contribution in [1.82, 2.24) is 5.32 Å². The fourth-order valence-electron chi connectivity index (χ4n) is 1.81. The van der Waals surface area contributed by atoms with E-state index < -0.39 is 22.0 Å². The van der Waals surface area contributed by atoms with Gasteiger partial charge in [0.2, 0.25) is 5.91 Å². The minimum absolute atomic E-state index is 0.220. The van der Waals surface area contributed by atoms with Crippen molar-refractivity contribution in [1.29, 1.82) is 0 Å². The summed E-state index contributed by atoms with van der Waals surface area (Å²) in [5, 5.41) is 2.66. The molecule has 0 aliphatic heterocycles. The van der Waals surface area contributed by atoms with Gasteiger partial charge in [0, 0.05) is 6.54 Å². The molecule has 1 amide bonds. The lowest BCUT2D eigenvalue weighted by molar-refractivity contribution is -0.137. The molecule has 1 aromatic rings. The van der Waals surface area contributed by atoms with Crippen LogP contribution in [0.2, 0.25) is 0 Å². The topological polar surface area (TPSA) is 29.1 Å². The molecule has 0 saturated heterocycles. The third-order valence-corrected chi connectivity index (χ3v) is 3.97. The number of rotatable bonds is 4. The summed E-state index contributed by atoms with van der Waals surface area (Å²) < 4.78 is 36.1. The molecule has 0 radical (unpaired) electrons. The number of nitrogens with one attached hydrogen (secondary N) is 1. The Bertz CT molecular complexity index is 499. The molecule has 1 unspecified atom stereocenters. The van der Waals surface area contributed by atoms with E-state index in [2.05, 4.69) is 5.32 Å². The normalized spacial score (nSPS) is 20.6. The van der Waals surface area contributed by atoms with Gasteiger partial charge in [-0.15, -0.1) is 23.2 Å². The van der Waals surface area contributed by atoms with Crippen molar-refractivity contribution < 1.29 is 18.0 Å². The molecule has 110 valence electrons. The smallest absolute Gasteiger partial charge is 0.355 e. The van der Waals surface area contributed by atoms with E-state index in [4.69, 9.17) is 23.2 Å². The van der Waals surface area contributed by atoms with Gasteiger partial charge in [0.15, 0.2) is 0 Å². The Morgan fingerprint density at radius 1 is 1.30 bits per heavy atom. The fourth-order valence-corrected chi connectivity index (χ4v) is 2.32. The van der Waals surface area contributed by atoms with Gasteiger partial charge in [-0.2, -0.15) is 13.2 Å². The van der Waals surface area contributed by atoms with Gasteiger partial charge >= 0.3 is 6.18 Å². The van der Waals surface area contributed by atoms with Crippen molar-refractivity contribution in [2.75, 3.05) is 6.54 Å². The molecule has 1 fully saturated rings. The highest BCUT2D eigenvalue weighted by atomic mass is 35.5. The lowest BCUT2D eigenvalue weighted by Gasteiger charge is -2.08. The SMILES string of the molecule is O=C(NCCc1ccc(C(F)(F)F)cc1)C1CC1(Cl)Cl.